The Hall–Kier alpha value is -2.04. The van der Waals surface area contributed by atoms with Gasteiger partial charge in [0.2, 0.25) is 5.91 Å². The van der Waals surface area contributed by atoms with E-state index in [1.54, 1.807) is 12.1 Å². The second kappa shape index (κ2) is 4.45. The molecule has 0 aromatic heterocycles. The van der Waals surface area contributed by atoms with Crippen molar-refractivity contribution >= 4 is 11.9 Å². The molecule has 1 amide bonds. The molecule has 1 aliphatic carbocycles. The molecule has 1 aromatic rings. The maximum atomic E-state index is 11.5. The van der Waals surface area contributed by atoms with Crippen LogP contribution in [-0.2, 0) is 9.59 Å². The van der Waals surface area contributed by atoms with Crippen LogP contribution >= 0.6 is 0 Å². The van der Waals surface area contributed by atoms with Gasteiger partial charge in [-0.25, -0.2) is 4.79 Å². The smallest absolute Gasteiger partial charge is 0.331 e. The third kappa shape index (κ3) is 2.55. The Morgan fingerprint density at radius 1 is 1.29 bits per heavy atom. The van der Waals surface area contributed by atoms with Crippen LogP contribution < -0.4 is 5.32 Å². The third-order valence-electron chi connectivity index (χ3n) is 2.73. The van der Waals surface area contributed by atoms with E-state index in [2.05, 4.69) is 5.32 Å². The molecule has 0 bridgehead atoms. The maximum absolute atomic E-state index is 11.5. The van der Waals surface area contributed by atoms with Crippen molar-refractivity contribution < 1.29 is 19.8 Å². The summed E-state index contributed by atoms with van der Waals surface area (Å²) in [5.41, 5.74) is 0.203. The summed E-state index contributed by atoms with van der Waals surface area (Å²) in [4.78, 5) is 22.7. The fourth-order valence-electron chi connectivity index (χ4n) is 1.61. The number of nitrogens with one attached hydrogen (secondary N) is 1. The molecule has 17 heavy (non-hydrogen) atoms. The fraction of sp³-hybridized carbons (Fsp3) is 0.333. The van der Waals surface area contributed by atoms with Crippen molar-refractivity contribution in [1.29, 1.82) is 0 Å². The van der Waals surface area contributed by atoms with Gasteiger partial charge in [0.05, 0.1) is 0 Å². The Morgan fingerprint density at radius 2 is 1.94 bits per heavy atom. The third-order valence-corrected chi connectivity index (χ3v) is 2.73. The Kier molecular flexibility index (Phi) is 2.99. The molecular formula is C12H13NO4. The highest BCUT2D eigenvalue weighted by atomic mass is 16.4. The minimum absolute atomic E-state index is 0.0669. The number of carbonyl (C=O) groups is 2. The molecule has 0 aliphatic heterocycles. The number of amides is 1. The van der Waals surface area contributed by atoms with Gasteiger partial charge in [0, 0.05) is 11.5 Å². The fourth-order valence-corrected chi connectivity index (χ4v) is 1.61. The first kappa shape index (κ1) is 11.4. The molecule has 0 heterocycles. The van der Waals surface area contributed by atoms with Gasteiger partial charge in [0.1, 0.15) is 5.75 Å². The van der Waals surface area contributed by atoms with Gasteiger partial charge in [0.15, 0.2) is 6.04 Å². The second-order valence-corrected chi connectivity index (χ2v) is 4.11. The van der Waals surface area contributed by atoms with E-state index in [9.17, 15) is 14.7 Å². The maximum Gasteiger partial charge on any atom is 0.331 e. The van der Waals surface area contributed by atoms with Crippen molar-refractivity contribution in [2.75, 3.05) is 0 Å². The van der Waals surface area contributed by atoms with Crippen molar-refractivity contribution in [2.45, 2.75) is 18.9 Å². The molecule has 1 aromatic carbocycles. The van der Waals surface area contributed by atoms with Crippen LogP contribution in [0.3, 0.4) is 0 Å². The quantitative estimate of drug-likeness (QED) is 0.727. The number of aromatic hydroxyl groups is 1. The summed E-state index contributed by atoms with van der Waals surface area (Å²) in [6.45, 7) is 0. The molecule has 0 saturated heterocycles. The molecule has 5 heteroatoms. The number of carbonyl (C=O) groups excluding carboxylic acids is 1. The minimum atomic E-state index is -1.19. The van der Waals surface area contributed by atoms with Crippen molar-refractivity contribution in [3.63, 3.8) is 0 Å². The van der Waals surface area contributed by atoms with E-state index in [1.807, 2.05) is 0 Å². The Labute approximate surface area is 98.1 Å². The van der Waals surface area contributed by atoms with Gasteiger partial charge < -0.3 is 15.5 Å². The van der Waals surface area contributed by atoms with Crippen LogP contribution in [0.25, 0.3) is 0 Å². The summed E-state index contributed by atoms with van der Waals surface area (Å²) in [6, 6.07) is 4.91. The lowest BCUT2D eigenvalue weighted by Crippen LogP contribution is -2.34. The lowest BCUT2D eigenvalue weighted by Gasteiger charge is -2.15. The molecule has 1 atom stereocenters. The number of benzene rings is 1. The van der Waals surface area contributed by atoms with Crippen LogP contribution in [0.15, 0.2) is 24.3 Å². The summed E-state index contributed by atoms with van der Waals surface area (Å²) < 4.78 is 0. The van der Waals surface area contributed by atoms with Gasteiger partial charge in [-0.1, -0.05) is 18.2 Å². The summed E-state index contributed by atoms with van der Waals surface area (Å²) in [5.74, 6) is -1.64. The number of phenolic OH excluding ortho intramolecular Hbond substituents is 1. The van der Waals surface area contributed by atoms with Gasteiger partial charge in [-0.05, 0) is 18.9 Å². The number of carboxylic acids is 1. The molecule has 90 valence electrons. The first-order chi connectivity index (χ1) is 8.09. The molecule has 0 spiro atoms. The topological polar surface area (TPSA) is 86.6 Å². The first-order valence-electron chi connectivity index (χ1n) is 5.40. The monoisotopic (exact) mass is 235 g/mol. The van der Waals surface area contributed by atoms with E-state index >= 15 is 0 Å². The zero-order valence-corrected chi connectivity index (χ0v) is 9.09. The molecular weight excluding hydrogens is 222 g/mol. The van der Waals surface area contributed by atoms with E-state index in [0.29, 0.717) is 0 Å². The van der Waals surface area contributed by atoms with Crippen LogP contribution in [0.5, 0.6) is 5.75 Å². The van der Waals surface area contributed by atoms with Crippen LogP contribution in [0.1, 0.15) is 24.4 Å². The zero-order valence-electron chi connectivity index (χ0n) is 9.09. The average molecular weight is 235 g/mol. The number of hydrogen-bond donors (Lipinski definition) is 3. The number of para-hydroxylation sites is 1. The van der Waals surface area contributed by atoms with E-state index in [4.69, 9.17) is 5.11 Å². The van der Waals surface area contributed by atoms with E-state index < -0.39 is 12.0 Å². The Bertz CT molecular complexity index is 454. The average Bonchev–Trinajstić information content (AvgIpc) is 3.10. The molecule has 2 rings (SSSR count). The summed E-state index contributed by atoms with van der Waals surface area (Å²) in [7, 11) is 0. The van der Waals surface area contributed by atoms with Gasteiger partial charge in [-0.3, -0.25) is 4.79 Å². The van der Waals surface area contributed by atoms with E-state index in [0.717, 1.165) is 12.8 Å². The molecule has 1 aliphatic rings. The zero-order chi connectivity index (χ0) is 12.4. The second-order valence-electron chi connectivity index (χ2n) is 4.11. The Morgan fingerprint density at radius 3 is 2.47 bits per heavy atom. The highest BCUT2D eigenvalue weighted by Crippen LogP contribution is 2.31. The van der Waals surface area contributed by atoms with Gasteiger partial charge in [-0.2, -0.15) is 0 Å². The summed E-state index contributed by atoms with van der Waals surface area (Å²) in [6.07, 6.45) is 1.61. The molecule has 1 saturated carbocycles. The number of aliphatic carboxylic acids is 1. The minimum Gasteiger partial charge on any atom is -0.508 e. The first-order valence-corrected chi connectivity index (χ1v) is 5.40. The molecule has 0 radical (unpaired) electrons. The van der Waals surface area contributed by atoms with E-state index in [-0.39, 0.29) is 23.1 Å². The number of carboxylic acid groups (broad SMARTS) is 1. The van der Waals surface area contributed by atoms with Crippen LogP contribution in [-0.4, -0.2) is 22.1 Å². The van der Waals surface area contributed by atoms with Crippen molar-refractivity contribution in [3.8, 4) is 5.75 Å². The van der Waals surface area contributed by atoms with Gasteiger partial charge in [-0.15, -0.1) is 0 Å². The Balaban J connectivity index is 2.19. The van der Waals surface area contributed by atoms with Crippen molar-refractivity contribution in [1.82, 2.24) is 5.32 Å². The SMILES string of the molecule is O=C(N[C@H](C(=O)O)c1ccccc1O)C1CC1. The highest BCUT2D eigenvalue weighted by Gasteiger charge is 2.33. The lowest BCUT2D eigenvalue weighted by atomic mass is 10.1. The van der Waals surface area contributed by atoms with Crippen LogP contribution in [0.2, 0.25) is 0 Å². The molecule has 1 fully saturated rings. The van der Waals surface area contributed by atoms with Gasteiger partial charge in [0.25, 0.3) is 0 Å². The molecule has 5 nitrogen and oxygen atoms in total. The number of phenols is 1. The molecule has 0 unspecified atom stereocenters. The van der Waals surface area contributed by atoms with Gasteiger partial charge >= 0.3 is 5.97 Å². The van der Waals surface area contributed by atoms with Crippen molar-refractivity contribution in [2.24, 2.45) is 5.92 Å². The van der Waals surface area contributed by atoms with Crippen LogP contribution in [0.4, 0.5) is 0 Å². The highest BCUT2D eigenvalue weighted by molar-refractivity contribution is 5.87. The van der Waals surface area contributed by atoms with Crippen LogP contribution in [0, 0.1) is 5.92 Å². The summed E-state index contributed by atoms with van der Waals surface area (Å²) >= 11 is 0. The lowest BCUT2D eigenvalue weighted by molar-refractivity contribution is -0.142. The largest absolute Gasteiger partial charge is 0.508 e. The summed E-state index contributed by atoms with van der Waals surface area (Å²) in [5, 5.41) is 21.1. The predicted molar refractivity (Wildman–Crippen MR) is 59.4 cm³/mol. The normalized spacial score (nSPS) is 16.2. The number of rotatable bonds is 4. The molecule has 3 N–H and O–H groups in total. The number of hydrogen-bond acceptors (Lipinski definition) is 3. The predicted octanol–water partition coefficient (Wildman–Crippen LogP) is 1.04. The standard InChI is InChI=1S/C12H13NO4/c14-9-4-2-1-3-8(9)10(12(16)17)13-11(15)7-5-6-7/h1-4,7,10,14H,5-6H2,(H,13,15)(H,16,17)/t10-/m0/s1. The van der Waals surface area contributed by atoms with Crippen molar-refractivity contribution in [3.05, 3.63) is 29.8 Å². The van der Waals surface area contributed by atoms with E-state index in [1.165, 1.54) is 12.1 Å².